The van der Waals surface area contributed by atoms with Crippen molar-refractivity contribution in [3.8, 4) is 5.88 Å². The summed E-state index contributed by atoms with van der Waals surface area (Å²) in [6.45, 7) is 3.10. The Morgan fingerprint density at radius 2 is 1.86 bits per heavy atom. The summed E-state index contributed by atoms with van der Waals surface area (Å²) in [5, 5.41) is 3.66. The molecule has 28 heavy (non-hydrogen) atoms. The van der Waals surface area contributed by atoms with Gasteiger partial charge in [-0.15, -0.1) is 0 Å². The molecule has 1 N–H and O–H groups in total. The van der Waals surface area contributed by atoms with E-state index >= 15 is 0 Å². The monoisotopic (exact) mass is 419 g/mol. The number of sulfonamides is 1. The third kappa shape index (κ3) is 4.64. The quantitative estimate of drug-likeness (QED) is 0.799. The van der Waals surface area contributed by atoms with Gasteiger partial charge in [0.15, 0.2) is 5.76 Å². The van der Waals surface area contributed by atoms with Crippen LogP contribution in [0.4, 0.5) is 13.2 Å². The highest BCUT2D eigenvalue weighted by molar-refractivity contribution is 7.89. The summed E-state index contributed by atoms with van der Waals surface area (Å²) >= 11 is 0. The Hall–Kier alpha value is -2.14. The van der Waals surface area contributed by atoms with Crippen molar-refractivity contribution in [2.75, 3.05) is 0 Å². The lowest BCUT2D eigenvalue weighted by Gasteiger charge is -2.29. The van der Waals surface area contributed by atoms with Gasteiger partial charge in [0.2, 0.25) is 15.9 Å². The fourth-order valence-electron chi connectivity index (χ4n) is 3.22. The van der Waals surface area contributed by atoms with Gasteiger partial charge >= 0.3 is 6.18 Å². The van der Waals surface area contributed by atoms with Crippen molar-refractivity contribution in [1.29, 1.82) is 0 Å². The second-order valence-electron chi connectivity index (χ2n) is 6.75. The molecule has 2 aromatic heterocycles. The van der Waals surface area contributed by atoms with E-state index in [0.717, 1.165) is 12.3 Å². The Bertz CT molecular complexity index is 899. The number of nitrogens with zero attached hydrogens (tertiary/aromatic N) is 2. The van der Waals surface area contributed by atoms with Crippen molar-refractivity contribution in [2.24, 2.45) is 0 Å². The van der Waals surface area contributed by atoms with E-state index in [0.29, 0.717) is 31.4 Å². The smallest absolute Gasteiger partial charge is 0.417 e. The van der Waals surface area contributed by atoms with Crippen LogP contribution in [0.25, 0.3) is 0 Å². The average Bonchev–Trinajstić information content (AvgIpc) is 2.95. The molecule has 7 nitrogen and oxygen atoms in total. The first-order chi connectivity index (χ1) is 13.1. The van der Waals surface area contributed by atoms with Crippen LogP contribution in [0.15, 0.2) is 27.7 Å². The van der Waals surface area contributed by atoms with E-state index in [-0.39, 0.29) is 28.7 Å². The minimum absolute atomic E-state index is 0.0554. The second kappa shape index (κ2) is 7.70. The SMILES string of the molecule is Cc1noc(C)c1S(=O)(=O)NC1CCC(Oc2ccc(C(F)(F)F)cn2)CC1. The Labute approximate surface area is 160 Å². The zero-order valence-electron chi connectivity index (χ0n) is 15.3. The third-order valence-electron chi connectivity index (χ3n) is 4.58. The molecule has 11 heteroatoms. The lowest BCUT2D eigenvalue weighted by atomic mass is 9.94. The van der Waals surface area contributed by atoms with Gasteiger partial charge in [0.25, 0.3) is 0 Å². The summed E-state index contributed by atoms with van der Waals surface area (Å²) in [5.41, 5.74) is -0.535. The molecule has 0 radical (unpaired) electrons. The molecule has 0 spiro atoms. The van der Waals surface area contributed by atoms with Gasteiger partial charge in [0.1, 0.15) is 16.7 Å². The largest absolute Gasteiger partial charge is 0.474 e. The van der Waals surface area contributed by atoms with Gasteiger partial charge in [-0.3, -0.25) is 0 Å². The molecule has 1 aliphatic rings. The van der Waals surface area contributed by atoms with Crippen molar-refractivity contribution in [2.45, 2.75) is 62.7 Å². The summed E-state index contributed by atoms with van der Waals surface area (Å²) in [7, 11) is -3.74. The van der Waals surface area contributed by atoms with Gasteiger partial charge in [0, 0.05) is 18.3 Å². The number of halogens is 3. The van der Waals surface area contributed by atoms with Crippen LogP contribution in [0.3, 0.4) is 0 Å². The van der Waals surface area contributed by atoms with Crippen LogP contribution in [-0.2, 0) is 16.2 Å². The number of alkyl halides is 3. The lowest BCUT2D eigenvalue weighted by molar-refractivity contribution is -0.137. The number of aryl methyl sites for hydroxylation is 2. The van der Waals surface area contributed by atoms with Crippen molar-refractivity contribution < 1.29 is 30.8 Å². The zero-order valence-corrected chi connectivity index (χ0v) is 16.1. The van der Waals surface area contributed by atoms with Crippen molar-refractivity contribution in [3.05, 3.63) is 35.3 Å². The van der Waals surface area contributed by atoms with Crippen LogP contribution in [0, 0.1) is 13.8 Å². The van der Waals surface area contributed by atoms with Gasteiger partial charge in [0.05, 0.1) is 5.56 Å². The zero-order chi connectivity index (χ0) is 20.5. The van der Waals surface area contributed by atoms with E-state index in [9.17, 15) is 21.6 Å². The van der Waals surface area contributed by atoms with Crippen molar-refractivity contribution in [1.82, 2.24) is 14.9 Å². The predicted octanol–water partition coefficient (Wildman–Crippen LogP) is 3.37. The highest BCUT2D eigenvalue weighted by Crippen LogP contribution is 2.30. The van der Waals surface area contributed by atoms with Crippen LogP contribution < -0.4 is 9.46 Å². The average molecular weight is 419 g/mol. The number of ether oxygens (including phenoxy) is 1. The molecule has 2 aromatic rings. The highest BCUT2D eigenvalue weighted by atomic mass is 32.2. The van der Waals surface area contributed by atoms with Crippen LogP contribution >= 0.6 is 0 Å². The topological polar surface area (TPSA) is 94.3 Å². The molecule has 0 unspecified atom stereocenters. The standard InChI is InChI=1S/C17H20F3N3O4S/c1-10-16(11(2)27-22-10)28(24,25)23-13-4-6-14(7-5-13)26-15-8-3-12(9-21-15)17(18,19)20/h3,8-9,13-14,23H,4-7H2,1-2H3. The summed E-state index contributed by atoms with van der Waals surface area (Å²) in [6, 6.07) is 1.85. The molecule has 3 rings (SSSR count). The third-order valence-corrected chi connectivity index (χ3v) is 6.35. The first-order valence-electron chi connectivity index (χ1n) is 8.71. The number of nitrogens with one attached hydrogen (secondary N) is 1. The van der Waals surface area contributed by atoms with Crippen molar-refractivity contribution >= 4 is 10.0 Å². The normalized spacial score (nSPS) is 20.9. The van der Waals surface area contributed by atoms with Crippen LogP contribution in [0.1, 0.15) is 42.7 Å². The molecule has 0 atom stereocenters. The van der Waals surface area contributed by atoms with Crippen LogP contribution in [0.2, 0.25) is 0 Å². The van der Waals surface area contributed by atoms with Crippen molar-refractivity contribution in [3.63, 3.8) is 0 Å². The van der Waals surface area contributed by atoms with E-state index in [1.54, 1.807) is 6.92 Å². The fourth-order valence-corrected chi connectivity index (χ4v) is 4.86. The van der Waals surface area contributed by atoms with E-state index in [4.69, 9.17) is 9.26 Å². The Kier molecular flexibility index (Phi) is 5.67. The molecule has 0 bridgehead atoms. The van der Waals surface area contributed by atoms with Crippen LogP contribution in [-0.4, -0.2) is 30.7 Å². The number of pyridine rings is 1. The lowest BCUT2D eigenvalue weighted by Crippen LogP contribution is -2.40. The fraction of sp³-hybridized carbons (Fsp3) is 0.529. The summed E-state index contributed by atoms with van der Waals surface area (Å²) in [5.74, 6) is 0.350. The Balaban J connectivity index is 1.55. The predicted molar refractivity (Wildman–Crippen MR) is 92.2 cm³/mol. The minimum Gasteiger partial charge on any atom is -0.474 e. The number of rotatable bonds is 5. The molecule has 2 heterocycles. The first kappa shape index (κ1) is 20.6. The van der Waals surface area contributed by atoms with Gasteiger partial charge < -0.3 is 9.26 Å². The molecule has 0 saturated heterocycles. The maximum absolute atomic E-state index is 12.6. The first-order valence-corrected chi connectivity index (χ1v) is 10.2. The van der Waals surface area contributed by atoms with E-state index in [1.165, 1.54) is 13.0 Å². The Morgan fingerprint density at radius 1 is 1.18 bits per heavy atom. The molecule has 0 aromatic carbocycles. The summed E-state index contributed by atoms with van der Waals surface area (Å²) in [6.07, 6.45) is -1.76. The maximum Gasteiger partial charge on any atom is 0.417 e. The van der Waals surface area contributed by atoms with E-state index < -0.39 is 21.8 Å². The number of hydrogen-bond donors (Lipinski definition) is 1. The summed E-state index contributed by atoms with van der Waals surface area (Å²) in [4.78, 5) is 3.76. The van der Waals surface area contributed by atoms with Crippen LogP contribution in [0.5, 0.6) is 5.88 Å². The second-order valence-corrected chi connectivity index (χ2v) is 8.40. The summed E-state index contributed by atoms with van der Waals surface area (Å²) < 4.78 is 76.0. The van der Waals surface area contributed by atoms with Gasteiger partial charge in [-0.05, 0) is 45.6 Å². The molecule has 1 fully saturated rings. The van der Waals surface area contributed by atoms with Gasteiger partial charge in [-0.25, -0.2) is 18.1 Å². The molecular formula is C17H20F3N3O4S. The number of hydrogen-bond acceptors (Lipinski definition) is 6. The van der Waals surface area contributed by atoms with E-state index in [1.807, 2.05) is 0 Å². The van der Waals surface area contributed by atoms with E-state index in [2.05, 4.69) is 14.9 Å². The molecule has 0 amide bonds. The molecule has 154 valence electrons. The minimum atomic E-state index is -4.44. The molecular weight excluding hydrogens is 399 g/mol. The highest BCUT2D eigenvalue weighted by Gasteiger charge is 2.32. The van der Waals surface area contributed by atoms with Gasteiger partial charge in [-0.2, -0.15) is 13.2 Å². The molecule has 0 aliphatic heterocycles. The number of aromatic nitrogens is 2. The molecule has 1 saturated carbocycles. The Morgan fingerprint density at radius 3 is 2.36 bits per heavy atom. The maximum atomic E-state index is 12.6. The molecule has 1 aliphatic carbocycles. The van der Waals surface area contributed by atoms with Gasteiger partial charge in [-0.1, -0.05) is 5.16 Å².